The number of methoxy groups -OCH3 is 1. The molecule has 9 heteroatoms. The summed E-state index contributed by atoms with van der Waals surface area (Å²) in [6, 6.07) is 6.93. The largest absolute Gasteiger partial charge is 0.481 e. The molecule has 7 nitrogen and oxygen atoms in total. The van der Waals surface area contributed by atoms with E-state index in [0.29, 0.717) is 34.8 Å². The van der Waals surface area contributed by atoms with Gasteiger partial charge in [0, 0.05) is 61.5 Å². The highest BCUT2D eigenvalue weighted by atomic mass is 19.1. The molecule has 4 heterocycles. The number of rotatable bonds is 6. The van der Waals surface area contributed by atoms with Crippen molar-refractivity contribution in [1.82, 2.24) is 20.6 Å². The maximum atomic E-state index is 14.1. The average molecular weight is 480 g/mol. The van der Waals surface area contributed by atoms with Gasteiger partial charge in [0.2, 0.25) is 5.88 Å². The Balaban J connectivity index is 1.50. The van der Waals surface area contributed by atoms with E-state index in [9.17, 15) is 13.6 Å². The van der Waals surface area contributed by atoms with Crippen molar-refractivity contribution in [3.63, 3.8) is 0 Å². The van der Waals surface area contributed by atoms with Crippen molar-refractivity contribution in [3.05, 3.63) is 71.7 Å². The van der Waals surface area contributed by atoms with Crippen LogP contribution in [0.4, 0.5) is 14.5 Å². The van der Waals surface area contributed by atoms with Crippen molar-refractivity contribution in [2.24, 2.45) is 0 Å². The lowest BCUT2D eigenvalue weighted by atomic mass is 9.96. The number of benzene rings is 1. The second-order valence-electron chi connectivity index (χ2n) is 9.11. The van der Waals surface area contributed by atoms with Gasteiger partial charge in [0.1, 0.15) is 11.6 Å². The summed E-state index contributed by atoms with van der Waals surface area (Å²) < 4.78 is 33.4. The number of halogens is 2. The highest BCUT2D eigenvalue weighted by Gasteiger charge is 2.41. The summed E-state index contributed by atoms with van der Waals surface area (Å²) in [6.45, 7) is 2.67. The van der Waals surface area contributed by atoms with E-state index in [0.717, 1.165) is 44.0 Å². The van der Waals surface area contributed by atoms with E-state index < -0.39 is 11.6 Å². The molecular formula is C26H27F2N5O2. The molecule has 2 aromatic heterocycles. The molecule has 1 amide bonds. The molecule has 2 aliphatic heterocycles. The van der Waals surface area contributed by atoms with Crippen LogP contribution in [-0.2, 0) is 6.54 Å². The van der Waals surface area contributed by atoms with Crippen molar-refractivity contribution in [1.29, 1.82) is 0 Å². The number of nitrogens with one attached hydrogen (secondary N) is 2. The molecule has 2 saturated heterocycles. The first-order chi connectivity index (χ1) is 17.0. The molecular weight excluding hydrogens is 452 g/mol. The van der Waals surface area contributed by atoms with Crippen LogP contribution in [-0.4, -0.2) is 48.2 Å². The van der Waals surface area contributed by atoms with Gasteiger partial charge in [0.25, 0.3) is 5.91 Å². The van der Waals surface area contributed by atoms with Gasteiger partial charge < -0.3 is 20.3 Å². The molecule has 1 unspecified atom stereocenters. The van der Waals surface area contributed by atoms with Crippen molar-refractivity contribution >= 4 is 11.6 Å². The monoisotopic (exact) mass is 479 g/mol. The zero-order valence-corrected chi connectivity index (χ0v) is 19.5. The number of amides is 1. The Morgan fingerprint density at radius 1 is 1.20 bits per heavy atom. The van der Waals surface area contributed by atoms with Crippen LogP contribution in [0.15, 0.2) is 48.9 Å². The van der Waals surface area contributed by atoms with Gasteiger partial charge in [-0.1, -0.05) is 0 Å². The van der Waals surface area contributed by atoms with Crippen LogP contribution in [0, 0.1) is 11.6 Å². The zero-order valence-electron chi connectivity index (χ0n) is 19.5. The quantitative estimate of drug-likeness (QED) is 0.562. The first-order valence-electron chi connectivity index (χ1n) is 11.7. The normalized spacial score (nSPS) is 19.3. The molecule has 0 bridgehead atoms. The molecule has 1 atom stereocenters. The molecule has 3 aromatic rings. The van der Waals surface area contributed by atoms with Crippen molar-refractivity contribution in [3.8, 4) is 17.0 Å². The van der Waals surface area contributed by atoms with E-state index in [1.165, 1.54) is 25.4 Å². The molecule has 1 spiro atoms. The SMILES string of the molecule is COc1cc(CNC(=O)c2cncc(-c3cc(F)cc(F)c3)c2N2CCC3(CCCN3)C2)ccn1. The Morgan fingerprint density at radius 3 is 2.77 bits per heavy atom. The minimum atomic E-state index is -0.678. The van der Waals surface area contributed by atoms with Gasteiger partial charge in [-0.2, -0.15) is 0 Å². The molecule has 0 aliphatic carbocycles. The number of carbonyl (C=O) groups excluding carboxylic acids is 1. The maximum absolute atomic E-state index is 14.1. The van der Waals surface area contributed by atoms with E-state index in [2.05, 4.69) is 25.5 Å². The highest BCUT2D eigenvalue weighted by molar-refractivity contribution is 6.03. The predicted octanol–water partition coefficient (Wildman–Crippen LogP) is 3.69. The van der Waals surface area contributed by atoms with Gasteiger partial charge in [0.05, 0.1) is 18.4 Å². The number of ether oxygens (including phenoxy) is 1. The number of hydrogen-bond donors (Lipinski definition) is 2. The van der Waals surface area contributed by atoms with Crippen LogP contribution in [0.3, 0.4) is 0 Å². The van der Waals surface area contributed by atoms with E-state index in [1.807, 2.05) is 0 Å². The average Bonchev–Trinajstić information content (AvgIpc) is 3.51. The Bertz CT molecular complexity index is 1230. The first kappa shape index (κ1) is 23.2. The van der Waals surface area contributed by atoms with E-state index in [1.54, 1.807) is 24.5 Å². The summed E-state index contributed by atoms with van der Waals surface area (Å²) in [5, 5.41) is 6.56. The Labute approximate surface area is 202 Å². The molecule has 0 radical (unpaired) electrons. The van der Waals surface area contributed by atoms with Crippen molar-refractivity contribution in [2.75, 3.05) is 31.6 Å². The van der Waals surface area contributed by atoms with Crippen LogP contribution in [0.25, 0.3) is 11.1 Å². The molecule has 2 aliphatic rings. The number of pyridine rings is 2. The van der Waals surface area contributed by atoms with Gasteiger partial charge in [-0.25, -0.2) is 13.8 Å². The fourth-order valence-electron chi connectivity index (χ4n) is 5.11. The summed E-state index contributed by atoms with van der Waals surface area (Å²) in [5.74, 6) is -1.21. The van der Waals surface area contributed by atoms with Gasteiger partial charge in [0.15, 0.2) is 0 Å². The van der Waals surface area contributed by atoms with Crippen LogP contribution >= 0.6 is 0 Å². The fraction of sp³-hybridized carbons (Fsp3) is 0.346. The minimum Gasteiger partial charge on any atom is -0.481 e. The summed E-state index contributed by atoms with van der Waals surface area (Å²) in [5.41, 5.74) is 2.70. The Morgan fingerprint density at radius 2 is 2.03 bits per heavy atom. The first-order valence-corrected chi connectivity index (χ1v) is 11.7. The van der Waals surface area contributed by atoms with E-state index >= 15 is 0 Å². The molecule has 1 aromatic carbocycles. The van der Waals surface area contributed by atoms with Crippen molar-refractivity contribution in [2.45, 2.75) is 31.3 Å². The van der Waals surface area contributed by atoms with Gasteiger partial charge in [-0.3, -0.25) is 9.78 Å². The lowest BCUT2D eigenvalue weighted by Crippen LogP contribution is -2.42. The third-order valence-corrected chi connectivity index (χ3v) is 6.80. The fourth-order valence-corrected chi connectivity index (χ4v) is 5.11. The van der Waals surface area contributed by atoms with Crippen molar-refractivity contribution < 1.29 is 18.3 Å². The van der Waals surface area contributed by atoms with Crippen LogP contribution in [0.1, 0.15) is 35.2 Å². The summed E-state index contributed by atoms with van der Waals surface area (Å²) >= 11 is 0. The minimum absolute atomic E-state index is 0.00489. The van der Waals surface area contributed by atoms with Crippen LogP contribution < -0.4 is 20.3 Å². The van der Waals surface area contributed by atoms with Gasteiger partial charge >= 0.3 is 0 Å². The Hall–Kier alpha value is -3.59. The third kappa shape index (κ3) is 4.81. The standard InChI is InChI=1S/C26H27F2N5O2/c1-35-23-9-17(3-7-30-23)13-31-25(34)22-15-29-14-21(18-10-19(27)12-20(28)11-18)24(22)33-8-5-26(16-33)4-2-6-32-26/h3,7,9-12,14-15,32H,2,4-6,8,13,16H2,1H3,(H,31,34). The van der Waals surface area contributed by atoms with Gasteiger partial charge in [-0.05, 0) is 55.1 Å². The predicted molar refractivity (Wildman–Crippen MR) is 128 cm³/mol. The molecule has 2 N–H and O–H groups in total. The summed E-state index contributed by atoms with van der Waals surface area (Å²) in [4.78, 5) is 23.9. The lowest BCUT2D eigenvalue weighted by molar-refractivity contribution is 0.0951. The number of anilines is 1. The third-order valence-electron chi connectivity index (χ3n) is 6.80. The molecule has 5 rings (SSSR count). The van der Waals surface area contributed by atoms with Crippen LogP contribution in [0.2, 0.25) is 0 Å². The summed E-state index contributed by atoms with van der Waals surface area (Å²) in [6.07, 6.45) is 7.80. The van der Waals surface area contributed by atoms with Crippen LogP contribution in [0.5, 0.6) is 5.88 Å². The van der Waals surface area contributed by atoms with E-state index in [-0.39, 0.29) is 18.0 Å². The highest BCUT2D eigenvalue weighted by Crippen LogP contribution is 2.40. The molecule has 35 heavy (non-hydrogen) atoms. The second kappa shape index (κ2) is 9.58. The smallest absolute Gasteiger partial charge is 0.255 e. The summed E-state index contributed by atoms with van der Waals surface area (Å²) in [7, 11) is 1.53. The number of nitrogens with zero attached hydrogens (tertiary/aromatic N) is 3. The lowest BCUT2D eigenvalue weighted by Gasteiger charge is -2.28. The van der Waals surface area contributed by atoms with Gasteiger partial charge in [-0.15, -0.1) is 0 Å². The second-order valence-corrected chi connectivity index (χ2v) is 9.11. The maximum Gasteiger partial charge on any atom is 0.255 e. The number of carbonyl (C=O) groups is 1. The molecule has 0 saturated carbocycles. The Kier molecular flexibility index (Phi) is 6.34. The topological polar surface area (TPSA) is 79.4 Å². The molecule has 182 valence electrons. The molecule has 2 fully saturated rings. The van der Waals surface area contributed by atoms with E-state index in [4.69, 9.17) is 4.74 Å². The zero-order chi connectivity index (χ0) is 24.4. The number of hydrogen-bond acceptors (Lipinski definition) is 6. The number of aromatic nitrogens is 2.